The fraction of sp³-hybridized carbons (Fsp3) is 0.304. The standard InChI is InChI=1S/C23H26N4O3S/c1-26(2)31(29,30)18-8-6-17(7-9-18)23(28)25-21-10-11-22(27-14-4-3-5-15-27)19-12-13-24-16-20(19)21/h6-13,16H,3-5,14-15H2,1-2H3,(H,25,28). The molecule has 0 unspecified atom stereocenters. The normalized spacial score (nSPS) is 14.7. The van der Waals surface area contributed by atoms with Gasteiger partial charge in [-0.1, -0.05) is 0 Å². The molecular formula is C23H26N4O3S. The van der Waals surface area contributed by atoms with E-state index >= 15 is 0 Å². The van der Waals surface area contributed by atoms with Gasteiger partial charge in [-0.15, -0.1) is 0 Å². The first-order chi connectivity index (χ1) is 14.9. The van der Waals surface area contributed by atoms with E-state index in [-0.39, 0.29) is 10.8 Å². The van der Waals surface area contributed by atoms with Crippen molar-refractivity contribution >= 4 is 38.1 Å². The fourth-order valence-corrected chi connectivity index (χ4v) is 4.78. The van der Waals surface area contributed by atoms with Crippen molar-refractivity contribution in [2.75, 3.05) is 37.4 Å². The number of aromatic nitrogens is 1. The Bertz CT molecular complexity index is 1200. The monoisotopic (exact) mass is 438 g/mol. The first kappa shape index (κ1) is 21.3. The SMILES string of the molecule is CN(C)S(=O)(=O)c1ccc(C(=O)Nc2ccc(N3CCCCC3)c3ccncc23)cc1. The van der Waals surface area contributed by atoms with E-state index in [4.69, 9.17) is 0 Å². The predicted molar refractivity (Wildman–Crippen MR) is 123 cm³/mol. The van der Waals surface area contributed by atoms with Gasteiger partial charge < -0.3 is 10.2 Å². The molecule has 0 spiro atoms. The molecule has 0 radical (unpaired) electrons. The highest BCUT2D eigenvalue weighted by Crippen LogP contribution is 2.33. The van der Waals surface area contributed by atoms with Crippen molar-refractivity contribution in [2.45, 2.75) is 24.2 Å². The molecule has 1 amide bonds. The zero-order valence-corrected chi connectivity index (χ0v) is 18.5. The maximum atomic E-state index is 12.8. The highest BCUT2D eigenvalue weighted by Gasteiger charge is 2.19. The molecule has 0 bridgehead atoms. The summed E-state index contributed by atoms with van der Waals surface area (Å²) in [5, 5.41) is 4.89. The Hall–Kier alpha value is -2.97. The van der Waals surface area contributed by atoms with Crippen LogP contribution in [0.15, 0.2) is 59.8 Å². The van der Waals surface area contributed by atoms with Gasteiger partial charge in [0.2, 0.25) is 10.0 Å². The molecule has 1 N–H and O–H groups in total. The smallest absolute Gasteiger partial charge is 0.255 e. The number of piperidine rings is 1. The third kappa shape index (κ3) is 4.26. The van der Waals surface area contributed by atoms with Crippen molar-refractivity contribution in [3.63, 3.8) is 0 Å². The van der Waals surface area contributed by atoms with Crippen molar-refractivity contribution in [3.05, 3.63) is 60.4 Å². The first-order valence-electron chi connectivity index (χ1n) is 10.3. The summed E-state index contributed by atoms with van der Waals surface area (Å²) in [6.07, 6.45) is 7.17. The Morgan fingerprint density at radius 1 is 0.968 bits per heavy atom. The largest absolute Gasteiger partial charge is 0.371 e. The van der Waals surface area contributed by atoms with Gasteiger partial charge in [-0.05, 0) is 61.7 Å². The molecule has 2 aromatic carbocycles. The number of rotatable bonds is 5. The van der Waals surface area contributed by atoms with Crippen LogP contribution in [0, 0.1) is 0 Å². The second-order valence-corrected chi connectivity index (χ2v) is 10.0. The van der Waals surface area contributed by atoms with Crippen LogP contribution in [0.5, 0.6) is 0 Å². The van der Waals surface area contributed by atoms with Crippen LogP contribution in [0.4, 0.5) is 11.4 Å². The van der Waals surface area contributed by atoms with Crippen LogP contribution in [0.25, 0.3) is 10.8 Å². The van der Waals surface area contributed by atoms with E-state index in [9.17, 15) is 13.2 Å². The quantitative estimate of drug-likeness (QED) is 0.656. The van der Waals surface area contributed by atoms with E-state index in [1.165, 1.54) is 57.6 Å². The topological polar surface area (TPSA) is 82.6 Å². The average molecular weight is 439 g/mol. The number of hydrogen-bond acceptors (Lipinski definition) is 5. The highest BCUT2D eigenvalue weighted by atomic mass is 32.2. The molecule has 0 atom stereocenters. The maximum absolute atomic E-state index is 12.8. The number of nitrogens with one attached hydrogen (secondary N) is 1. The highest BCUT2D eigenvalue weighted by molar-refractivity contribution is 7.89. The molecular weight excluding hydrogens is 412 g/mol. The Balaban J connectivity index is 1.61. The van der Waals surface area contributed by atoms with Crippen LogP contribution in [0.3, 0.4) is 0 Å². The fourth-order valence-electron chi connectivity index (χ4n) is 3.88. The van der Waals surface area contributed by atoms with E-state index in [0.717, 1.165) is 33.9 Å². The third-order valence-corrected chi connectivity index (χ3v) is 7.46. The number of hydrogen-bond donors (Lipinski definition) is 1. The lowest BCUT2D eigenvalue weighted by Gasteiger charge is -2.30. The summed E-state index contributed by atoms with van der Waals surface area (Å²) in [5.41, 5.74) is 2.22. The molecule has 1 aliphatic heterocycles. The molecule has 3 aromatic rings. The van der Waals surface area contributed by atoms with Crippen LogP contribution in [0.2, 0.25) is 0 Å². The van der Waals surface area contributed by atoms with Gasteiger partial charge in [-0.2, -0.15) is 0 Å². The lowest BCUT2D eigenvalue weighted by atomic mass is 10.0. The Morgan fingerprint density at radius 3 is 2.35 bits per heavy atom. The maximum Gasteiger partial charge on any atom is 0.255 e. The van der Waals surface area contributed by atoms with Gasteiger partial charge in [0, 0.05) is 61.6 Å². The summed E-state index contributed by atoms with van der Waals surface area (Å²) in [4.78, 5) is 19.6. The number of sulfonamides is 1. The molecule has 8 heteroatoms. The first-order valence-corrected chi connectivity index (χ1v) is 11.8. The lowest BCUT2D eigenvalue weighted by Crippen LogP contribution is -2.29. The van der Waals surface area contributed by atoms with Crippen molar-refractivity contribution < 1.29 is 13.2 Å². The molecule has 31 heavy (non-hydrogen) atoms. The van der Waals surface area contributed by atoms with E-state index in [0.29, 0.717) is 11.3 Å². The zero-order valence-electron chi connectivity index (χ0n) is 17.7. The summed E-state index contributed by atoms with van der Waals surface area (Å²) < 4.78 is 25.6. The van der Waals surface area contributed by atoms with Crippen LogP contribution in [-0.2, 0) is 10.0 Å². The minimum Gasteiger partial charge on any atom is -0.371 e. The van der Waals surface area contributed by atoms with Gasteiger partial charge in [0.1, 0.15) is 0 Å². The van der Waals surface area contributed by atoms with E-state index in [1.807, 2.05) is 12.1 Å². The van der Waals surface area contributed by atoms with Gasteiger partial charge in [-0.3, -0.25) is 9.78 Å². The molecule has 0 saturated carbocycles. The molecule has 7 nitrogen and oxygen atoms in total. The van der Waals surface area contributed by atoms with Crippen molar-refractivity contribution in [1.29, 1.82) is 0 Å². The van der Waals surface area contributed by atoms with Gasteiger partial charge >= 0.3 is 0 Å². The van der Waals surface area contributed by atoms with Crippen LogP contribution >= 0.6 is 0 Å². The van der Waals surface area contributed by atoms with E-state index in [1.54, 1.807) is 12.4 Å². The van der Waals surface area contributed by atoms with Crippen LogP contribution < -0.4 is 10.2 Å². The summed E-state index contributed by atoms with van der Waals surface area (Å²) >= 11 is 0. The molecule has 1 aromatic heterocycles. The van der Waals surface area contributed by atoms with Crippen LogP contribution in [0.1, 0.15) is 29.6 Å². The van der Waals surface area contributed by atoms with Crippen molar-refractivity contribution in [1.82, 2.24) is 9.29 Å². The van der Waals surface area contributed by atoms with Gasteiger partial charge in [-0.25, -0.2) is 12.7 Å². The third-order valence-electron chi connectivity index (χ3n) is 5.64. The van der Waals surface area contributed by atoms with Gasteiger partial charge in [0.05, 0.1) is 10.6 Å². The number of amides is 1. The Kier molecular flexibility index (Phi) is 5.93. The molecule has 0 aliphatic carbocycles. The van der Waals surface area contributed by atoms with Gasteiger partial charge in [0.25, 0.3) is 5.91 Å². The second kappa shape index (κ2) is 8.64. The second-order valence-electron chi connectivity index (χ2n) is 7.87. The van der Waals surface area contributed by atoms with E-state index in [2.05, 4.69) is 21.3 Å². The summed E-state index contributed by atoms with van der Waals surface area (Å²) in [7, 11) is -0.584. The summed E-state index contributed by atoms with van der Waals surface area (Å²) in [6, 6.07) is 11.9. The Labute approximate surface area is 182 Å². The summed E-state index contributed by atoms with van der Waals surface area (Å²) in [5.74, 6) is -0.301. The van der Waals surface area contributed by atoms with Crippen LogP contribution in [-0.4, -0.2) is 50.8 Å². The number of carbonyl (C=O) groups is 1. The van der Waals surface area contributed by atoms with Gasteiger partial charge in [0.15, 0.2) is 0 Å². The Morgan fingerprint density at radius 2 is 1.68 bits per heavy atom. The average Bonchev–Trinajstić information content (AvgIpc) is 2.80. The molecule has 1 saturated heterocycles. The number of carbonyl (C=O) groups excluding carboxylic acids is 1. The number of anilines is 2. The lowest BCUT2D eigenvalue weighted by molar-refractivity contribution is 0.102. The predicted octanol–water partition coefficient (Wildman–Crippen LogP) is 3.73. The number of benzene rings is 2. The molecule has 1 aliphatic rings. The summed E-state index contributed by atoms with van der Waals surface area (Å²) in [6.45, 7) is 2.07. The molecule has 2 heterocycles. The number of pyridine rings is 1. The molecule has 4 rings (SSSR count). The number of fused-ring (bicyclic) bond motifs is 1. The minimum atomic E-state index is -3.53. The molecule has 1 fully saturated rings. The van der Waals surface area contributed by atoms with E-state index < -0.39 is 10.0 Å². The molecule has 162 valence electrons. The van der Waals surface area contributed by atoms with Crippen molar-refractivity contribution in [2.24, 2.45) is 0 Å². The van der Waals surface area contributed by atoms with Crippen molar-refractivity contribution in [3.8, 4) is 0 Å². The zero-order chi connectivity index (χ0) is 22.0. The minimum absolute atomic E-state index is 0.148. The number of nitrogens with zero attached hydrogens (tertiary/aromatic N) is 3.